The number of hydrogen-bond donors (Lipinski definition) is 1. The molecule has 10 heteroatoms. The minimum absolute atomic E-state index is 0.135. The normalized spacial score (nSPS) is 19.7. The lowest BCUT2D eigenvalue weighted by atomic mass is 10.1. The SMILES string of the molecule is CC1CN(c2cc(F)c(Br)cc2NC(=O)c2cn(C)c(=O)cc2C(F)F)C[C@@H](C)N1C. The van der Waals surface area contributed by atoms with Crippen molar-refractivity contribution in [3.8, 4) is 0 Å². The molecule has 0 aliphatic carbocycles. The van der Waals surface area contributed by atoms with Crippen LogP contribution in [0, 0.1) is 5.82 Å². The molecule has 31 heavy (non-hydrogen) atoms. The second kappa shape index (κ2) is 9.04. The van der Waals surface area contributed by atoms with Crippen LogP contribution in [0.1, 0.15) is 36.2 Å². The molecular formula is C21H24BrF3N4O2. The van der Waals surface area contributed by atoms with Crippen LogP contribution in [0.3, 0.4) is 0 Å². The minimum Gasteiger partial charge on any atom is -0.367 e. The number of benzene rings is 1. The number of nitrogens with one attached hydrogen (secondary N) is 1. The Labute approximate surface area is 186 Å². The van der Waals surface area contributed by atoms with Gasteiger partial charge in [0, 0.05) is 56.1 Å². The third kappa shape index (κ3) is 4.79. The summed E-state index contributed by atoms with van der Waals surface area (Å²) in [4.78, 5) is 28.8. The Morgan fingerprint density at radius 2 is 1.77 bits per heavy atom. The number of halogens is 4. The summed E-state index contributed by atoms with van der Waals surface area (Å²) < 4.78 is 42.5. The molecule has 1 aromatic carbocycles. The zero-order chi connectivity index (χ0) is 23.0. The summed E-state index contributed by atoms with van der Waals surface area (Å²) in [5.74, 6) is -1.30. The number of carbonyl (C=O) groups excluding carboxylic acids is 1. The predicted octanol–water partition coefficient (Wildman–Crippen LogP) is 4.01. The summed E-state index contributed by atoms with van der Waals surface area (Å²) in [5.41, 5.74) is -0.855. The summed E-state index contributed by atoms with van der Waals surface area (Å²) >= 11 is 3.12. The molecular weight excluding hydrogens is 477 g/mol. The van der Waals surface area contributed by atoms with Crippen molar-refractivity contribution in [3.63, 3.8) is 0 Å². The number of aromatic nitrogens is 1. The van der Waals surface area contributed by atoms with Crippen LogP contribution in [0.2, 0.25) is 0 Å². The first kappa shape index (κ1) is 23.3. The van der Waals surface area contributed by atoms with E-state index in [1.165, 1.54) is 19.2 Å². The van der Waals surface area contributed by atoms with Crippen LogP contribution in [0.5, 0.6) is 0 Å². The van der Waals surface area contributed by atoms with Gasteiger partial charge in [0.15, 0.2) is 0 Å². The topological polar surface area (TPSA) is 57.6 Å². The number of pyridine rings is 1. The number of hydrogen-bond acceptors (Lipinski definition) is 4. The van der Waals surface area contributed by atoms with Gasteiger partial charge >= 0.3 is 0 Å². The van der Waals surface area contributed by atoms with Gasteiger partial charge in [0.1, 0.15) is 5.82 Å². The van der Waals surface area contributed by atoms with Gasteiger partial charge in [0.05, 0.1) is 21.4 Å². The van der Waals surface area contributed by atoms with E-state index in [-0.39, 0.29) is 27.8 Å². The molecule has 1 N–H and O–H groups in total. The van der Waals surface area contributed by atoms with Crippen molar-refractivity contribution in [1.82, 2.24) is 9.47 Å². The molecule has 168 valence electrons. The van der Waals surface area contributed by atoms with Crippen molar-refractivity contribution in [2.24, 2.45) is 7.05 Å². The van der Waals surface area contributed by atoms with Gasteiger partial charge in [-0.15, -0.1) is 0 Å². The van der Waals surface area contributed by atoms with E-state index >= 15 is 0 Å². The molecule has 1 unspecified atom stereocenters. The maximum Gasteiger partial charge on any atom is 0.264 e. The van der Waals surface area contributed by atoms with Crippen LogP contribution >= 0.6 is 15.9 Å². The molecule has 3 rings (SSSR count). The third-order valence-electron chi connectivity index (χ3n) is 5.73. The number of rotatable bonds is 4. The van der Waals surface area contributed by atoms with E-state index in [4.69, 9.17) is 0 Å². The van der Waals surface area contributed by atoms with Crippen molar-refractivity contribution in [3.05, 3.63) is 56.2 Å². The van der Waals surface area contributed by atoms with Crippen LogP contribution in [0.15, 0.2) is 33.7 Å². The Hall–Kier alpha value is -2.33. The lowest BCUT2D eigenvalue weighted by Crippen LogP contribution is -2.55. The Morgan fingerprint density at radius 1 is 1.16 bits per heavy atom. The van der Waals surface area contributed by atoms with E-state index in [1.807, 2.05) is 11.9 Å². The fraction of sp³-hybridized carbons (Fsp3) is 0.429. The molecule has 1 saturated heterocycles. The summed E-state index contributed by atoms with van der Waals surface area (Å²) in [6.45, 7) is 5.31. The first-order valence-corrected chi connectivity index (χ1v) is 10.5. The molecule has 1 aliphatic heterocycles. The van der Waals surface area contributed by atoms with Crippen LogP contribution in [0.25, 0.3) is 0 Å². The molecule has 1 fully saturated rings. The van der Waals surface area contributed by atoms with Crippen molar-refractivity contribution < 1.29 is 18.0 Å². The molecule has 0 bridgehead atoms. The number of nitrogens with zero attached hydrogens (tertiary/aromatic N) is 3. The van der Waals surface area contributed by atoms with E-state index < -0.39 is 29.3 Å². The average Bonchev–Trinajstić information content (AvgIpc) is 2.69. The minimum atomic E-state index is -2.99. The largest absolute Gasteiger partial charge is 0.367 e. The molecule has 1 amide bonds. The van der Waals surface area contributed by atoms with Crippen molar-refractivity contribution >= 4 is 33.2 Å². The van der Waals surface area contributed by atoms with E-state index in [2.05, 4.69) is 40.0 Å². The molecule has 6 nitrogen and oxygen atoms in total. The van der Waals surface area contributed by atoms with Gasteiger partial charge in [-0.2, -0.15) is 0 Å². The summed E-state index contributed by atoms with van der Waals surface area (Å²) in [5, 5.41) is 2.64. The quantitative estimate of drug-likeness (QED) is 0.689. The van der Waals surface area contributed by atoms with Gasteiger partial charge < -0.3 is 14.8 Å². The predicted molar refractivity (Wildman–Crippen MR) is 118 cm³/mol. The Kier molecular flexibility index (Phi) is 6.80. The first-order chi connectivity index (χ1) is 14.5. The monoisotopic (exact) mass is 500 g/mol. The second-order valence-electron chi connectivity index (χ2n) is 7.90. The standard InChI is InChI=1S/C21H24BrF3N4O2/c1-11-8-29(9-12(2)28(11)4)18-7-16(23)15(22)6-17(18)26-21(31)14-10-27(3)19(30)5-13(14)20(24)25/h5-7,10-12,20H,8-9H2,1-4H3,(H,26,31)/t11-,12?/m1/s1. The molecule has 1 aromatic heterocycles. The van der Waals surface area contributed by atoms with Crippen molar-refractivity contribution in [2.75, 3.05) is 30.4 Å². The van der Waals surface area contributed by atoms with Crippen molar-refractivity contribution in [2.45, 2.75) is 32.4 Å². The van der Waals surface area contributed by atoms with E-state index in [0.717, 1.165) is 16.8 Å². The number of alkyl halides is 2. The first-order valence-electron chi connectivity index (χ1n) is 9.75. The zero-order valence-corrected chi connectivity index (χ0v) is 19.2. The lowest BCUT2D eigenvalue weighted by molar-refractivity contribution is 0.101. The number of amides is 1. The number of piperazine rings is 1. The van der Waals surface area contributed by atoms with Gasteiger partial charge in [0.2, 0.25) is 0 Å². The Bertz CT molecular complexity index is 1050. The van der Waals surface area contributed by atoms with E-state index in [0.29, 0.717) is 18.8 Å². The lowest BCUT2D eigenvalue weighted by Gasteiger charge is -2.44. The highest BCUT2D eigenvalue weighted by Crippen LogP contribution is 2.34. The third-order valence-corrected chi connectivity index (χ3v) is 6.34. The molecule has 0 radical (unpaired) electrons. The molecule has 0 saturated carbocycles. The van der Waals surface area contributed by atoms with Gasteiger partial charge in [-0.05, 0) is 42.9 Å². The van der Waals surface area contributed by atoms with Crippen LogP contribution in [0.4, 0.5) is 24.5 Å². The van der Waals surface area contributed by atoms with Crippen LogP contribution in [-0.4, -0.2) is 47.6 Å². The highest BCUT2D eigenvalue weighted by molar-refractivity contribution is 9.10. The molecule has 0 spiro atoms. The number of aryl methyl sites for hydroxylation is 1. The number of carbonyl (C=O) groups is 1. The fourth-order valence-electron chi connectivity index (χ4n) is 3.70. The van der Waals surface area contributed by atoms with Gasteiger partial charge in [-0.25, -0.2) is 13.2 Å². The second-order valence-corrected chi connectivity index (χ2v) is 8.75. The highest BCUT2D eigenvalue weighted by atomic mass is 79.9. The van der Waals surface area contributed by atoms with Crippen LogP contribution < -0.4 is 15.8 Å². The fourth-order valence-corrected chi connectivity index (χ4v) is 4.05. The maximum absolute atomic E-state index is 14.4. The number of anilines is 2. The number of likely N-dealkylation sites (N-methyl/N-ethyl adjacent to an activating group) is 1. The smallest absolute Gasteiger partial charge is 0.264 e. The highest BCUT2D eigenvalue weighted by Gasteiger charge is 2.29. The summed E-state index contributed by atoms with van der Waals surface area (Å²) in [6, 6.07) is 3.87. The van der Waals surface area contributed by atoms with Gasteiger partial charge in [0.25, 0.3) is 17.9 Å². The summed E-state index contributed by atoms with van der Waals surface area (Å²) in [7, 11) is 3.39. The van der Waals surface area contributed by atoms with E-state index in [1.54, 1.807) is 0 Å². The Balaban J connectivity index is 2.01. The molecule has 1 aliphatic rings. The molecule has 2 aromatic rings. The Morgan fingerprint density at radius 3 is 2.35 bits per heavy atom. The van der Waals surface area contributed by atoms with Crippen molar-refractivity contribution in [1.29, 1.82) is 0 Å². The van der Waals surface area contributed by atoms with Crippen LogP contribution in [-0.2, 0) is 7.05 Å². The summed E-state index contributed by atoms with van der Waals surface area (Å²) in [6.07, 6.45) is -1.91. The molecule has 2 heterocycles. The van der Waals surface area contributed by atoms with Gasteiger partial charge in [-0.1, -0.05) is 0 Å². The van der Waals surface area contributed by atoms with Gasteiger partial charge in [-0.3, -0.25) is 14.5 Å². The maximum atomic E-state index is 14.4. The zero-order valence-electron chi connectivity index (χ0n) is 17.6. The molecule has 2 atom stereocenters. The van der Waals surface area contributed by atoms with E-state index in [9.17, 15) is 22.8 Å². The average molecular weight is 501 g/mol.